The van der Waals surface area contributed by atoms with Gasteiger partial charge in [-0.2, -0.15) is 0 Å². The van der Waals surface area contributed by atoms with Gasteiger partial charge in [-0.1, -0.05) is 27.5 Å². The lowest BCUT2D eigenvalue weighted by Crippen LogP contribution is -2.14. The molecule has 0 unspecified atom stereocenters. The minimum absolute atomic E-state index is 0.103. The van der Waals surface area contributed by atoms with Crippen LogP contribution < -0.4 is 10.5 Å². The average molecular weight is 441 g/mol. The second-order valence-corrected chi connectivity index (χ2v) is 7.77. The Morgan fingerprint density at radius 3 is 2.50 bits per heavy atom. The zero-order valence-corrected chi connectivity index (χ0v) is 14.6. The van der Waals surface area contributed by atoms with Gasteiger partial charge in [0.1, 0.15) is 4.90 Å². The van der Waals surface area contributed by atoms with Crippen LogP contribution in [0, 0.1) is 0 Å². The van der Waals surface area contributed by atoms with E-state index in [0.29, 0.717) is 19.7 Å². The summed E-state index contributed by atoms with van der Waals surface area (Å²) in [6.07, 6.45) is 0. The lowest BCUT2D eigenvalue weighted by molar-refractivity contribution is 0.600. The smallest absolute Gasteiger partial charge is 0.263 e. The molecule has 8 heteroatoms. The molecule has 4 nitrogen and oxygen atoms in total. The van der Waals surface area contributed by atoms with Gasteiger partial charge in [0.25, 0.3) is 10.0 Å². The first-order valence-electron chi connectivity index (χ1n) is 5.32. The van der Waals surface area contributed by atoms with Crippen molar-refractivity contribution in [2.75, 3.05) is 10.5 Å². The summed E-state index contributed by atoms with van der Waals surface area (Å²) in [5.74, 6) is 0. The lowest BCUT2D eigenvalue weighted by Gasteiger charge is -2.12. The maximum Gasteiger partial charge on any atom is 0.263 e. The van der Waals surface area contributed by atoms with Gasteiger partial charge in [-0.25, -0.2) is 8.42 Å². The van der Waals surface area contributed by atoms with Crippen molar-refractivity contribution < 1.29 is 8.42 Å². The van der Waals surface area contributed by atoms with Crippen LogP contribution in [0.3, 0.4) is 0 Å². The summed E-state index contributed by atoms with van der Waals surface area (Å²) in [6.45, 7) is 0. The second kappa shape index (κ2) is 5.93. The third-order valence-electron chi connectivity index (χ3n) is 2.44. The van der Waals surface area contributed by atoms with Gasteiger partial charge in [0.2, 0.25) is 0 Å². The summed E-state index contributed by atoms with van der Waals surface area (Å²) < 4.78 is 28.3. The van der Waals surface area contributed by atoms with Crippen LogP contribution >= 0.6 is 43.5 Å². The molecule has 0 bridgehead atoms. The molecular formula is C12H9Br2ClN2O2S. The van der Waals surface area contributed by atoms with Crippen molar-refractivity contribution in [3.8, 4) is 0 Å². The molecule has 2 aromatic carbocycles. The van der Waals surface area contributed by atoms with Crippen molar-refractivity contribution in [1.82, 2.24) is 0 Å². The highest BCUT2D eigenvalue weighted by Gasteiger charge is 2.19. The zero-order chi connectivity index (χ0) is 14.9. The Hall–Kier alpha value is -0.760. The molecule has 0 aliphatic carbocycles. The number of rotatable bonds is 3. The predicted molar refractivity (Wildman–Crippen MR) is 88.5 cm³/mol. The highest BCUT2D eigenvalue weighted by Crippen LogP contribution is 2.30. The van der Waals surface area contributed by atoms with Crippen molar-refractivity contribution in [3.05, 3.63) is 50.4 Å². The van der Waals surface area contributed by atoms with Crippen LogP contribution in [0.4, 0.5) is 11.4 Å². The topological polar surface area (TPSA) is 72.2 Å². The van der Waals surface area contributed by atoms with E-state index in [4.69, 9.17) is 17.3 Å². The van der Waals surface area contributed by atoms with E-state index in [1.54, 1.807) is 18.2 Å². The normalized spacial score (nSPS) is 11.3. The first-order chi connectivity index (χ1) is 9.29. The molecule has 0 radical (unpaired) electrons. The minimum atomic E-state index is -3.77. The maximum atomic E-state index is 12.4. The zero-order valence-electron chi connectivity index (χ0n) is 9.90. The van der Waals surface area contributed by atoms with Crippen LogP contribution in [0.15, 0.2) is 50.2 Å². The summed E-state index contributed by atoms with van der Waals surface area (Å²) in [5, 5.41) is 0.394. The SMILES string of the molecule is Nc1ccc(Cl)cc1NS(=O)(=O)c1cc(Br)ccc1Br. The number of nitrogens with two attached hydrogens (primary N) is 1. The van der Waals surface area contributed by atoms with Gasteiger partial charge >= 0.3 is 0 Å². The standard InChI is InChI=1S/C12H9Br2ClN2O2S/c13-7-1-3-9(14)12(5-7)20(18,19)17-11-6-8(15)2-4-10(11)16/h1-6,17H,16H2. The predicted octanol–water partition coefficient (Wildman–Crippen LogP) is 4.25. The van der Waals surface area contributed by atoms with E-state index in [-0.39, 0.29) is 10.6 Å². The van der Waals surface area contributed by atoms with Crippen molar-refractivity contribution in [2.45, 2.75) is 4.90 Å². The molecule has 0 saturated carbocycles. The molecule has 2 aromatic rings. The molecular weight excluding hydrogens is 431 g/mol. The molecule has 0 aliphatic rings. The van der Waals surface area contributed by atoms with Gasteiger partial charge in [-0.15, -0.1) is 0 Å². The van der Waals surface area contributed by atoms with Crippen LogP contribution in [0.25, 0.3) is 0 Å². The molecule has 3 N–H and O–H groups in total. The summed E-state index contributed by atoms with van der Waals surface area (Å²) >= 11 is 12.3. The van der Waals surface area contributed by atoms with Crippen molar-refractivity contribution in [1.29, 1.82) is 0 Å². The fraction of sp³-hybridized carbons (Fsp3) is 0. The van der Waals surface area contributed by atoms with Crippen LogP contribution in [0.5, 0.6) is 0 Å². The molecule has 0 aromatic heterocycles. The van der Waals surface area contributed by atoms with Gasteiger partial charge in [0.15, 0.2) is 0 Å². The fourth-order valence-corrected chi connectivity index (χ4v) is 4.25. The monoisotopic (exact) mass is 438 g/mol. The van der Waals surface area contributed by atoms with E-state index in [9.17, 15) is 8.42 Å². The molecule has 106 valence electrons. The third kappa shape index (κ3) is 3.46. The molecule has 20 heavy (non-hydrogen) atoms. The van der Waals surface area contributed by atoms with E-state index in [2.05, 4.69) is 36.6 Å². The number of hydrogen-bond donors (Lipinski definition) is 2. The highest BCUT2D eigenvalue weighted by atomic mass is 79.9. The molecule has 0 aliphatic heterocycles. The van der Waals surface area contributed by atoms with Crippen LogP contribution in [0.1, 0.15) is 0 Å². The number of nitrogens with one attached hydrogen (secondary N) is 1. The first-order valence-corrected chi connectivity index (χ1v) is 8.77. The molecule has 0 spiro atoms. The largest absolute Gasteiger partial charge is 0.397 e. The summed E-state index contributed by atoms with van der Waals surface area (Å²) in [7, 11) is -3.77. The van der Waals surface area contributed by atoms with Gasteiger partial charge in [-0.3, -0.25) is 4.72 Å². The summed E-state index contributed by atoms with van der Waals surface area (Å²) in [4.78, 5) is 0.103. The number of anilines is 2. The van der Waals surface area contributed by atoms with E-state index >= 15 is 0 Å². The summed E-state index contributed by atoms with van der Waals surface area (Å²) in [6, 6.07) is 9.45. The maximum absolute atomic E-state index is 12.4. The fourth-order valence-electron chi connectivity index (χ4n) is 1.50. The number of sulfonamides is 1. The number of nitrogen functional groups attached to an aromatic ring is 1. The Kier molecular flexibility index (Phi) is 4.63. The quantitative estimate of drug-likeness (QED) is 0.701. The lowest BCUT2D eigenvalue weighted by atomic mass is 10.3. The van der Waals surface area contributed by atoms with E-state index in [0.717, 1.165) is 0 Å². The first kappa shape index (κ1) is 15.6. The molecule has 0 fully saturated rings. The van der Waals surface area contributed by atoms with Crippen molar-refractivity contribution >= 4 is 64.9 Å². The Balaban J connectivity index is 2.46. The van der Waals surface area contributed by atoms with Crippen molar-refractivity contribution in [2.24, 2.45) is 0 Å². The molecule has 2 rings (SSSR count). The van der Waals surface area contributed by atoms with Crippen LogP contribution in [0.2, 0.25) is 5.02 Å². The Labute approximate surface area is 138 Å². The molecule has 0 saturated heterocycles. The van der Waals surface area contributed by atoms with Crippen LogP contribution in [-0.2, 0) is 10.0 Å². The number of benzene rings is 2. The Morgan fingerprint density at radius 1 is 1.10 bits per heavy atom. The Morgan fingerprint density at radius 2 is 1.80 bits per heavy atom. The van der Waals surface area contributed by atoms with Gasteiger partial charge < -0.3 is 5.73 Å². The molecule has 0 amide bonds. The minimum Gasteiger partial charge on any atom is -0.397 e. The Bertz CT molecular complexity index is 766. The van der Waals surface area contributed by atoms with Crippen molar-refractivity contribution in [3.63, 3.8) is 0 Å². The van der Waals surface area contributed by atoms with Gasteiger partial charge in [0, 0.05) is 14.0 Å². The molecule has 0 atom stereocenters. The highest BCUT2D eigenvalue weighted by molar-refractivity contribution is 9.11. The third-order valence-corrected chi connectivity index (χ3v) is 5.53. The molecule has 0 heterocycles. The van der Waals surface area contributed by atoms with Gasteiger partial charge in [0.05, 0.1) is 11.4 Å². The van der Waals surface area contributed by atoms with Crippen LogP contribution in [-0.4, -0.2) is 8.42 Å². The average Bonchev–Trinajstić information content (AvgIpc) is 2.36. The van der Waals surface area contributed by atoms with E-state index in [1.807, 2.05) is 0 Å². The van der Waals surface area contributed by atoms with E-state index < -0.39 is 10.0 Å². The van der Waals surface area contributed by atoms with Gasteiger partial charge in [-0.05, 0) is 52.3 Å². The summed E-state index contributed by atoms with van der Waals surface area (Å²) in [5.41, 5.74) is 6.27. The number of halogens is 3. The number of hydrogen-bond acceptors (Lipinski definition) is 3. The second-order valence-electron chi connectivity index (χ2n) is 3.91. The van der Waals surface area contributed by atoms with E-state index in [1.165, 1.54) is 18.2 Å².